The van der Waals surface area contributed by atoms with E-state index >= 15 is 0 Å². The minimum absolute atomic E-state index is 0.0115. The normalized spacial score (nSPS) is 11.5. The molecule has 21 heavy (non-hydrogen) atoms. The van der Waals surface area contributed by atoms with E-state index in [2.05, 4.69) is 21.2 Å². The third-order valence-corrected chi connectivity index (χ3v) is 3.60. The summed E-state index contributed by atoms with van der Waals surface area (Å²) in [5, 5.41) is 2.70. The van der Waals surface area contributed by atoms with Crippen molar-refractivity contribution in [3.63, 3.8) is 0 Å². The number of alkyl halides is 3. The van der Waals surface area contributed by atoms with Gasteiger partial charge in [0.25, 0.3) is 0 Å². The monoisotopic (exact) mass is 381 g/mol. The van der Waals surface area contributed by atoms with Gasteiger partial charge in [-0.25, -0.2) is 4.39 Å². The van der Waals surface area contributed by atoms with Crippen molar-refractivity contribution in [1.29, 1.82) is 0 Å². The van der Waals surface area contributed by atoms with Crippen LogP contribution in [0.4, 0.5) is 23.2 Å². The van der Waals surface area contributed by atoms with Crippen LogP contribution in [0.2, 0.25) is 5.02 Å². The highest BCUT2D eigenvalue weighted by molar-refractivity contribution is 9.10. The Hall–Kier alpha value is -1.27. The lowest BCUT2D eigenvalue weighted by atomic mass is 10.1. The van der Waals surface area contributed by atoms with Crippen molar-refractivity contribution < 1.29 is 17.6 Å². The zero-order valence-electron chi connectivity index (χ0n) is 10.4. The van der Waals surface area contributed by atoms with Gasteiger partial charge in [0, 0.05) is 17.3 Å². The largest absolute Gasteiger partial charge is 0.418 e. The maximum atomic E-state index is 13.1. The van der Waals surface area contributed by atoms with Gasteiger partial charge in [0.2, 0.25) is 0 Å². The Morgan fingerprint density at radius 2 is 1.81 bits per heavy atom. The number of hydrogen-bond acceptors (Lipinski definition) is 1. The van der Waals surface area contributed by atoms with Gasteiger partial charge in [0.1, 0.15) is 5.82 Å². The number of halogens is 6. The van der Waals surface area contributed by atoms with Crippen LogP contribution < -0.4 is 5.32 Å². The molecule has 0 amide bonds. The minimum Gasteiger partial charge on any atom is -0.380 e. The lowest BCUT2D eigenvalue weighted by Crippen LogP contribution is -2.11. The van der Waals surface area contributed by atoms with Crippen molar-refractivity contribution in [2.75, 3.05) is 5.32 Å². The van der Waals surface area contributed by atoms with E-state index in [4.69, 9.17) is 11.6 Å². The van der Waals surface area contributed by atoms with Crippen molar-refractivity contribution in [2.45, 2.75) is 12.7 Å². The molecule has 0 unspecified atom stereocenters. The van der Waals surface area contributed by atoms with E-state index in [1.165, 1.54) is 30.3 Å². The van der Waals surface area contributed by atoms with Crippen LogP contribution in [0.3, 0.4) is 0 Å². The van der Waals surface area contributed by atoms with Crippen molar-refractivity contribution >= 4 is 33.2 Å². The average Bonchev–Trinajstić information content (AvgIpc) is 2.40. The maximum Gasteiger partial charge on any atom is 0.418 e. The predicted molar refractivity (Wildman–Crippen MR) is 77.9 cm³/mol. The second kappa shape index (κ2) is 6.23. The molecule has 0 aliphatic heterocycles. The fourth-order valence-electron chi connectivity index (χ4n) is 1.75. The summed E-state index contributed by atoms with van der Waals surface area (Å²) in [6.45, 7) is 0.129. The summed E-state index contributed by atoms with van der Waals surface area (Å²) in [6.07, 6.45) is -4.50. The standard InChI is InChI=1S/C14H9BrClF4N/c15-11-5-8(1-3-12(11)17)7-21-13-4-2-9(16)6-10(13)14(18,19)20/h1-6,21H,7H2. The molecule has 1 N–H and O–H groups in total. The molecular weight excluding hydrogens is 374 g/mol. The SMILES string of the molecule is Fc1ccc(CNc2ccc(Cl)cc2C(F)(F)F)cc1Br. The topological polar surface area (TPSA) is 12.0 Å². The number of hydrogen-bond donors (Lipinski definition) is 1. The van der Waals surface area contributed by atoms with E-state index in [0.717, 1.165) is 6.07 Å². The van der Waals surface area contributed by atoms with Gasteiger partial charge in [-0.3, -0.25) is 0 Å². The molecule has 0 fully saturated rings. The Balaban J connectivity index is 2.22. The fraction of sp³-hybridized carbons (Fsp3) is 0.143. The number of anilines is 1. The summed E-state index contributed by atoms with van der Waals surface area (Å²) in [6, 6.07) is 7.75. The molecule has 0 aliphatic carbocycles. The molecule has 2 aromatic carbocycles. The smallest absolute Gasteiger partial charge is 0.380 e. The molecule has 0 aromatic heterocycles. The Kier molecular flexibility index (Phi) is 4.78. The van der Waals surface area contributed by atoms with E-state index < -0.39 is 17.6 Å². The average molecular weight is 383 g/mol. The molecule has 0 radical (unpaired) electrons. The summed E-state index contributed by atoms with van der Waals surface area (Å²) in [5.74, 6) is -0.429. The summed E-state index contributed by atoms with van der Waals surface area (Å²) in [7, 11) is 0. The molecule has 0 saturated heterocycles. The zero-order chi connectivity index (χ0) is 15.6. The van der Waals surface area contributed by atoms with Crippen LogP contribution in [-0.2, 0) is 12.7 Å². The van der Waals surface area contributed by atoms with Crippen LogP contribution in [0.1, 0.15) is 11.1 Å². The third kappa shape index (κ3) is 4.11. The van der Waals surface area contributed by atoms with Gasteiger partial charge in [-0.15, -0.1) is 0 Å². The van der Waals surface area contributed by atoms with Gasteiger partial charge in [-0.05, 0) is 51.8 Å². The summed E-state index contributed by atoms with van der Waals surface area (Å²) in [5.41, 5.74) is -0.269. The van der Waals surface area contributed by atoms with Crippen molar-refractivity contribution in [1.82, 2.24) is 0 Å². The highest BCUT2D eigenvalue weighted by atomic mass is 79.9. The second-order valence-electron chi connectivity index (χ2n) is 4.29. The van der Waals surface area contributed by atoms with Crippen LogP contribution in [0.25, 0.3) is 0 Å². The Morgan fingerprint density at radius 3 is 2.43 bits per heavy atom. The van der Waals surface area contributed by atoms with Crippen molar-refractivity contribution in [3.05, 3.63) is 62.8 Å². The first kappa shape index (κ1) is 16.1. The van der Waals surface area contributed by atoms with Gasteiger partial charge < -0.3 is 5.32 Å². The van der Waals surface area contributed by atoms with Crippen LogP contribution in [0.15, 0.2) is 40.9 Å². The predicted octanol–water partition coefficient (Wildman–Crippen LogP) is 5.87. The van der Waals surface area contributed by atoms with Gasteiger partial charge in [0.15, 0.2) is 0 Å². The molecule has 0 aliphatic rings. The first-order valence-electron chi connectivity index (χ1n) is 5.82. The van der Waals surface area contributed by atoms with Crippen LogP contribution in [-0.4, -0.2) is 0 Å². The lowest BCUT2D eigenvalue weighted by molar-refractivity contribution is -0.136. The molecule has 1 nitrogen and oxygen atoms in total. The third-order valence-electron chi connectivity index (χ3n) is 2.75. The van der Waals surface area contributed by atoms with E-state index in [1.807, 2.05) is 0 Å². The molecular formula is C14H9BrClF4N. The van der Waals surface area contributed by atoms with E-state index in [9.17, 15) is 17.6 Å². The first-order chi connectivity index (χ1) is 9.77. The number of rotatable bonds is 3. The second-order valence-corrected chi connectivity index (χ2v) is 5.58. The van der Waals surface area contributed by atoms with Crippen LogP contribution >= 0.6 is 27.5 Å². The van der Waals surface area contributed by atoms with Crippen LogP contribution in [0, 0.1) is 5.82 Å². The van der Waals surface area contributed by atoms with Crippen molar-refractivity contribution in [2.24, 2.45) is 0 Å². The zero-order valence-corrected chi connectivity index (χ0v) is 12.8. The number of nitrogens with one attached hydrogen (secondary N) is 1. The van der Waals surface area contributed by atoms with E-state index in [-0.39, 0.29) is 21.7 Å². The lowest BCUT2D eigenvalue weighted by Gasteiger charge is -2.15. The minimum atomic E-state index is -4.50. The highest BCUT2D eigenvalue weighted by Crippen LogP contribution is 2.36. The number of benzene rings is 2. The molecule has 0 saturated carbocycles. The van der Waals surface area contributed by atoms with Crippen molar-refractivity contribution in [3.8, 4) is 0 Å². The summed E-state index contributed by atoms with van der Waals surface area (Å²) in [4.78, 5) is 0. The summed E-state index contributed by atoms with van der Waals surface area (Å²) >= 11 is 8.63. The quantitative estimate of drug-likeness (QED) is 0.654. The molecule has 7 heteroatoms. The maximum absolute atomic E-state index is 13.1. The molecule has 0 atom stereocenters. The molecule has 2 aromatic rings. The Bertz CT molecular complexity index is 658. The molecule has 0 heterocycles. The van der Waals surface area contributed by atoms with Gasteiger partial charge in [-0.2, -0.15) is 13.2 Å². The van der Waals surface area contributed by atoms with Gasteiger partial charge in [0.05, 0.1) is 10.0 Å². The van der Waals surface area contributed by atoms with Gasteiger partial charge >= 0.3 is 6.18 Å². The molecule has 0 bridgehead atoms. The van der Waals surface area contributed by atoms with E-state index in [0.29, 0.717) is 5.56 Å². The Labute approximate surface area is 132 Å². The fourth-order valence-corrected chi connectivity index (χ4v) is 2.35. The first-order valence-corrected chi connectivity index (χ1v) is 6.99. The molecule has 0 spiro atoms. The summed E-state index contributed by atoms with van der Waals surface area (Å²) < 4.78 is 52.1. The molecule has 112 valence electrons. The highest BCUT2D eigenvalue weighted by Gasteiger charge is 2.33. The van der Waals surface area contributed by atoms with Crippen LogP contribution in [0.5, 0.6) is 0 Å². The van der Waals surface area contributed by atoms with Gasteiger partial charge in [-0.1, -0.05) is 17.7 Å². The van der Waals surface area contributed by atoms with E-state index in [1.54, 1.807) is 0 Å². The Morgan fingerprint density at radius 1 is 1.10 bits per heavy atom. The molecule has 2 rings (SSSR count).